The fourth-order valence-electron chi connectivity index (χ4n) is 2.83. The van der Waals surface area contributed by atoms with Crippen LogP contribution in [0.3, 0.4) is 0 Å². The number of rotatable bonds is 9. The molecule has 0 bridgehead atoms. The molecule has 0 fully saturated rings. The van der Waals surface area contributed by atoms with Crippen molar-refractivity contribution in [3.63, 3.8) is 0 Å². The number of hydrogen-bond donors (Lipinski definition) is 2. The van der Waals surface area contributed by atoms with Crippen molar-refractivity contribution in [3.05, 3.63) is 52.1 Å². The highest BCUT2D eigenvalue weighted by Gasteiger charge is 2.24. The molecule has 156 valence electrons. The highest BCUT2D eigenvalue weighted by molar-refractivity contribution is 5.95. The van der Waals surface area contributed by atoms with E-state index in [1.807, 2.05) is 32.2 Å². The number of quaternary nitrogens is 1. The first-order valence-corrected chi connectivity index (χ1v) is 8.97. The van der Waals surface area contributed by atoms with Crippen molar-refractivity contribution in [2.45, 2.75) is 19.5 Å². The number of nitrogens with one attached hydrogen (secondary N) is 2. The molecule has 1 amide bonds. The van der Waals surface area contributed by atoms with Gasteiger partial charge in [0.1, 0.15) is 12.3 Å². The van der Waals surface area contributed by atoms with Gasteiger partial charge < -0.3 is 24.4 Å². The predicted octanol–water partition coefficient (Wildman–Crippen LogP) is 1.66. The van der Waals surface area contributed by atoms with Gasteiger partial charge >= 0.3 is 0 Å². The number of likely N-dealkylation sites (N-methyl/N-ethyl adjacent to an activating group) is 1. The Labute approximate surface area is 169 Å². The largest absolute Gasteiger partial charge is 0.494 e. The first-order valence-electron chi connectivity index (χ1n) is 8.97. The van der Waals surface area contributed by atoms with Crippen LogP contribution < -0.4 is 24.4 Å². The Hall–Kier alpha value is -3.33. The van der Waals surface area contributed by atoms with Gasteiger partial charge in [0.2, 0.25) is 0 Å². The number of anilines is 1. The molecule has 0 spiro atoms. The van der Waals surface area contributed by atoms with Crippen molar-refractivity contribution in [3.8, 4) is 17.2 Å². The van der Waals surface area contributed by atoms with Gasteiger partial charge in [-0.25, -0.2) is 0 Å². The first kappa shape index (κ1) is 22.0. The van der Waals surface area contributed by atoms with E-state index >= 15 is 0 Å². The second-order valence-electron chi connectivity index (χ2n) is 6.57. The number of nitro benzene ring substituents is 1. The van der Waals surface area contributed by atoms with Gasteiger partial charge in [-0.15, -0.1) is 0 Å². The van der Waals surface area contributed by atoms with E-state index < -0.39 is 4.92 Å². The van der Waals surface area contributed by atoms with E-state index in [0.717, 1.165) is 10.5 Å². The summed E-state index contributed by atoms with van der Waals surface area (Å²) in [5.41, 5.74) is 1.27. The van der Waals surface area contributed by atoms with Crippen LogP contribution in [0.2, 0.25) is 0 Å². The third-order valence-corrected chi connectivity index (χ3v) is 4.72. The normalized spacial score (nSPS) is 12.6. The van der Waals surface area contributed by atoms with Gasteiger partial charge in [0.15, 0.2) is 17.5 Å². The number of non-ortho nitro benzene ring substituents is 1. The molecular formula is C20H26N3O6+. The van der Waals surface area contributed by atoms with Gasteiger partial charge in [-0.2, -0.15) is 0 Å². The van der Waals surface area contributed by atoms with Gasteiger partial charge in [-0.3, -0.25) is 14.9 Å². The molecule has 0 saturated heterocycles. The summed E-state index contributed by atoms with van der Waals surface area (Å²) in [6.45, 7) is 2.40. The molecule has 2 atom stereocenters. The number of ether oxygens (including phenoxy) is 3. The molecular weight excluding hydrogens is 378 g/mol. The minimum absolute atomic E-state index is 0.107. The zero-order valence-electron chi connectivity index (χ0n) is 17.1. The van der Waals surface area contributed by atoms with E-state index in [1.165, 1.54) is 25.3 Å². The third-order valence-electron chi connectivity index (χ3n) is 4.72. The summed E-state index contributed by atoms with van der Waals surface area (Å²) in [7, 11) is 6.46. The van der Waals surface area contributed by atoms with E-state index in [4.69, 9.17) is 14.2 Å². The van der Waals surface area contributed by atoms with Gasteiger partial charge in [-0.1, -0.05) is 0 Å². The van der Waals surface area contributed by atoms with Crippen molar-refractivity contribution >= 4 is 17.3 Å². The monoisotopic (exact) mass is 404 g/mol. The Morgan fingerprint density at radius 3 is 2.31 bits per heavy atom. The van der Waals surface area contributed by atoms with Crippen LogP contribution in [-0.4, -0.2) is 45.2 Å². The lowest BCUT2D eigenvalue weighted by molar-refractivity contribution is -0.907. The summed E-state index contributed by atoms with van der Waals surface area (Å²) in [6, 6.07) is 9.31. The third kappa shape index (κ3) is 5.35. The zero-order valence-corrected chi connectivity index (χ0v) is 17.1. The molecule has 0 aliphatic carbocycles. The van der Waals surface area contributed by atoms with Gasteiger partial charge in [-0.05, 0) is 31.2 Å². The quantitative estimate of drug-likeness (QED) is 0.487. The van der Waals surface area contributed by atoms with Crippen LogP contribution in [0.5, 0.6) is 17.2 Å². The fourth-order valence-corrected chi connectivity index (χ4v) is 2.83. The Morgan fingerprint density at radius 2 is 1.72 bits per heavy atom. The van der Waals surface area contributed by atoms with Crippen molar-refractivity contribution < 1.29 is 28.8 Å². The summed E-state index contributed by atoms with van der Waals surface area (Å²) < 4.78 is 15.7. The molecule has 29 heavy (non-hydrogen) atoms. The number of carbonyl (C=O) groups excluding carboxylic acids is 1. The Bertz CT molecular complexity index is 887. The Balaban J connectivity index is 2.09. The van der Waals surface area contributed by atoms with Gasteiger partial charge in [0, 0.05) is 11.6 Å². The molecule has 0 radical (unpaired) electrons. The van der Waals surface area contributed by atoms with Crippen LogP contribution in [0, 0.1) is 10.1 Å². The number of carbonyl (C=O) groups is 1. The van der Waals surface area contributed by atoms with Crippen LogP contribution in [0.15, 0.2) is 36.4 Å². The molecule has 2 rings (SSSR count). The lowest BCUT2D eigenvalue weighted by Crippen LogP contribution is -3.12. The van der Waals surface area contributed by atoms with Crippen LogP contribution in [0.25, 0.3) is 0 Å². The molecule has 1 unspecified atom stereocenters. The minimum Gasteiger partial charge on any atom is -0.494 e. The maximum Gasteiger partial charge on any atom is 0.282 e. The molecule has 9 heteroatoms. The molecule has 0 saturated carbocycles. The van der Waals surface area contributed by atoms with E-state index in [9.17, 15) is 14.9 Å². The van der Waals surface area contributed by atoms with Crippen LogP contribution >= 0.6 is 0 Å². The van der Waals surface area contributed by atoms with E-state index in [0.29, 0.717) is 23.7 Å². The lowest BCUT2D eigenvalue weighted by Gasteiger charge is -2.22. The number of nitro groups is 1. The summed E-state index contributed by atoms with van der Waals surface area (Å²) in [5.74, 6) is 1.28. The van der Waals surface area contributed by atoms with Crippen molar-refractivity contribution in [2.24, 2.45) is 0 Å². The molecule has 0 aliphatic heterocycles. The number of methoxy groups -OCH3 is 3. The van der Waals surface area contributed by atoms with E-state index in [1.54, 1.807) is 14.2 Å². The molecule has 0 aliphatic rings. The van der Waals surface area contributed by atoms with Gasteiger partial charge in [0.25, 0.3) is 11.6 Å². The number of benzene rings is 2. The summed E-state index contributed by atoms with van der Waals surface area (Å²) >= 11 is 0. The number of hydrogen-bond acceptors (Lipinski definition) is 6. The average Bonchev–Trinajstić information content (AvgIpc) is 2.72. The molecule has 0 heterocycles. The van der Waals surface area contributed by atoms with Crippen molar-refractivity contribution in [1.82, 2.24) is 0 Å². The van der Waals surface area contributed by atoms with Crippen LogP contribution in [-0.2, 0) is 11.3 Å². The smallest absolute Gasteiger partial charge is 0.282 e. The first-order chi connectivity index (χ1) is 13.8. The molecule has 2 aromatic carbocycles. The molecule has 0 aromatic heterocycles. The Morgan fingerprint density at radius 1 is 1.07 bits per heavy atom. The molecule has 2 aromatic rings. The predicted molar refractivity (Wildman–Crippen MR) is 108 cm³/mol. The zero-order chi connectivity index (χ0) is 21.6. The topological polar surface area (TPSA) is 104 Å². The van der Waals surface area contributed by atoms with Crippen molar-refractivity contribution in [2.75, 3.05) is 33.7 Å². The van der Waals surface area contributed by atoms with E-state index in [-0.39, 0.29) is 23.4 Å². The fraction of sp³-hybridized carbons (Fsp3) is 0.350. The molecule has 9 nitrogen and oxygen atoms in total. The SMILES string of the molecule is COc1cc([N+](=O)[O-])ccc1NC(=O)[C@@H](C)[NH+](C)Cc1ccc(OC)c(OC)c1. The Kier molecular flexibility index (Phi) is 7.38. The van der Waals surface area contributed by atoms with E-state index in [2.05, 4.69) is 5.32 Å². The van der Waals surface area contributed by atoms with Crippen molar-refractivity contribution in [1.29, 1.82) is 0 Å². The standard InChI is InChI=1S/C20H25N3O6/c1-13(22(2)12-14-6-9-17(27-3)19(10-14)29-5)20(24)21-16-8-7-15(23(25)26)11-18(16)28-4/h6-11,13H,12H2,1-5H3,(H,21,24)/p+1/t13-/m1/s1. The summed E-state index contributed by atoms with van der Waals surface area (Å²) in [6.07, 6.45) is 0. The second-order valence-corrected chi connectivity index (χ2v) is 6.57. The van der Waals surface area contributed by atoms with Crippen LogP contribution in [0.1, 0.15) is 12.5 Å². The summed E-state index contributed by atoms with van der Waals surface area (Å²) in [5, 5.41) is 13.7. The van der Waals surface area contributed by atoms with Crippen LogP contribution in [0.4, 0.5) is 11.4 Å². The maximum absolute atomic E-state index is 12.7. The lowest BCUT2D eigenvalue weighted by atomic mass is 10.1. The van der Waals surface area contributed by atoms with Gasteiger partial charge in [0.05, 0.1) is 45.1 Å². The summed E-state index contributed by atoms with van der Waals surface area (Å²) in [4.78, 5) is 24.0. The average molecular weight is 404 g/mol. The molecule has 2 N–H and O–H groups in total. The highest BCUT2D eigenvalue weighted by atomic mass is 16.6. The maximum atomic E-state index is 12.7. The second kappa shape index (κ2) is 9.74. The highest BCUT2D eigenvalue weighted by Crippen LogP contribution is 2.29. The number of amides is 1. The number of nitrogens with zero attached hydrogens (tertiary/aromatic N) is 1. The minimum atomic E-state index is -0.516.